The van der Waals surface area contributed by atoms with E-state index in [0.29, 0.717) is 11.1 Å². The number of carbonyl (C=O) groups is 1. The first-order valence-corrected chi connectivity index (χ1v) is 5.74. The van der Waals surface area contributed by atoms with Gasteiger partial charge in [-0.3, -0.25) is 4.79 Å². The maximum atomic E-state index is 12.2. The normalized spacial score (nSPS) is 10.3. The molecule has 0 N–H and O–H groups in total. The van der Waals surface area contributed by atoms with Crippen LogP contribution >= 0.6 is 0 Å². The average Bonchev–Trinajstić information content (AvgIpc) is 2.98. The summed E-state index contributed by atoms with van der Waals surface area (Å²) in [5.41, 5.74) is 1.87. The van der Waals surface area contributed by atoms with E-state index in [0.717, 1.165) is 5.69 Å². The highest BCUT2D eigenvalue weighted by Crippen LogP contribution is 2.11. The molecule has 3 rings (SSSR count). The summed E-state index contributed by atoms with van der Waals surface area (Å²) in [6.45, 7) is 0. The van der Waals surface area contributed by atoms with E-state index in [1.807, 2.05) is 30.3 Å². The minimum Gasteiger partial charge on any atom is -0.288 e. The van der Waals surface area contributed by atoms with Crippen LogP contribution in [0.3, 0.4) is 0 Å². The Kier molecular flexibility index (Phi) is 2.86. The van der Waals surface area contributed by atoms with Crippen LogP contribution in [0.2, 0.25) is 0 Å². The summed E-state index contributed by atoms with van der Waals surface area (Å²) in [6, 6.07) is 9.62. The van der Waals surface area contributed by atoms with E-state index in [1.165, 1.54) is 18.7 Å². The van der Waals surface area contributed by atoms with Gasteiger partial charge >= 0.3 is 0 Å². The number of carbonyl (C=O) groups excluding carboxylic acids is 1. The Balaban J connectivity index is 1.92. The van der Waals surface area contributed by atoms with Gasteiger partial charge in [-0.25, -0.2) is 14.6 Å². The van der Waals surface area contributed by atoms with Crippen LogP contribution in [0.1, 0.15) is 15.9 Å². The third-order valence-electron chi connectivity index (χ3n) is 2.69. The largest absolute Gasteiger partial charge is 0.288 e. The zero-order chi connectivity index (χ0) is 13.1. The number of hydrogen-bond acceptors (Lipinski definition) is 4. The monoisotopic (exact) mass is 250 g/mol. The molecule has 19 heavy (non-hydrogen) atoms. The van der Waals surface area contributed by atoms with Crippen LogP contribution in [0.25, 0.3) is 5.69 Å². The number of para-hydroxylation sites is 1. The quantitative estimate of drug-likeness (QED) is 0.666. The molecule has 0 saturated heterocycles. The van der Waals surface area contributed by atoms with Crippen molar-refractivity contribution in [3.05, 3.63) is 72.6 Å². The Hall–Kier alpha value is -2.82. The Morgan fingerprint density at radius 2 is 1.68 bits per heavy atom. The number of hydrogen-bond donors (Lipinski definition) is 0. The molecule has 5 nitrogen and oxygen atoms in total. The van der Waals surface area contributed by atoms with Gasteiger partial charge in [-0.2, -0.15) is 5.10 Å². The van der Waals surface area contributed by atoms with Crippen LogP contribution in [0.5, 0.6) is 0 Å². The van der Waals surface area contributed by atoms with Gasteiger partial charge in [0, 0.05) is 18.6 Å². The van der Waals surface area contributed by atoms with Crippen molar-refractivity contribution in [2.75, 3.05) is 0 Å². The predicted molar refractivity (Wildman–Crippen MR) is 69.0 cm³/mol. The molecule has 2 heterocycles. The van der Waals surface area contributed by atoms with Gasteiger partial charge in [0.2, 0.25) is 0 Å². The van der Waals surface area contributed by atoms with Crippen molar-refractivity contribution in [2.45, 2.75) is 0 Å². The lowest BCUT2D eigenvalue weighted by molar-refractivity contribution is 0.103. The highest BCUT2D eigenvalue weighted by Gasteiger charge is 2.12. The summed E-state index contributed by atoms with van der Waals surface area (Å²) in [5, 5.41) is 4.19. The molecule has 3 aromatic rings. The van der Waals surface area contributed by atoms with Gasteiger partial charge in [-0.05, 0) is 12.1 Å². The SMILES string of the molecule is O=C(c1cncnc1)c1cnn(-c2ccccc2)c1. The maximum Gasteiger partial charge on any atom is 0.199 e. The van der Waals surface area contributed by atoms with Crippen molar-refractivity contribution in [1.82, 2.24) is 19.7 Å². The number of ketones is 1. The van der Waals surface area contributed by atoms with Gasteiger partial charge in [0.15, 0.2) is 5.78 Å². The Labute approximate surface area is 109 Å². The first-order valence-electron chi connectivity index (χ1n) is 5.74. The molecule has 0 fully saturated rings. The molecule has 0 spiro atoms. The van der Waals surface area contributed by atoms with Gasteiger partial charge in [0.05, 0.1) is 23.0 Å². The fourth-order valence-corrected chi connectivity index (χ4v) is 1.75. The minimum absolute atomic E-state index is 0.136. The lowest BCUT2D eigenvalue weighted by Gasteiger charge is -1.99. The molecule has 0 bridgehead atoms. The lowest BCUT2D eigenvalue weighted by atomic mass is 10.1. The first kappa shape index (κ1) is 11.3. The Morgan fingerprint density at radius 1 is 0.947 bits per heavy atom. The second-order valence-corrected chi connectivity index (χ2v) is 3.97. The van der Waals surface area contributed by atoms with Gasteiger partial charge in [0.1, 0.15) is 6.33 Å². The molecule has 0 aliphatic heterocycles. The summed E-state index contributed by atoms with van der Waals surface area (Å²) in [6.07, 6.45) is 7.63. The smallest absolute Gasteiger partial charge is 0.199 e. The number of aromatic nitrogens is 4. The van der Waals surface area contributed by atoms with Gasteiger partial charge in [-0.15, -0.1) is 0 Å². The molecule has 0 aliphatic carbocycles. The predicted octanol–water partition coefficient (Wildman–Crippen LogP) is 1.89. The van der Waals surface area contributed by atoms with Crippen LogP contribution in [0.15, 0.2) is 61.4 Å². The van der Waals surface area contributed by atoms with Crippen molar-refractivity contribution < 1.29 is 4.79 Å². The van der Waals surface area contributed by atoms with Crippen molar-refractivity contribution in [1.29, 1.82) is 0 Å². The molecule has 0 amide bonds. The summed E-state index contributed by atoms with van der Waals surface area (Å²) < 4.78 is 1.66. The Morgan fingerprint density at radius 3 is 2.42 bits per heavy atom. The fraction of sp³-hybridized carbons (Fsp3) is 0. The summed E-state index contributed by atoms with van der Waals surface area (Å²) in [4.78, 5) is 19.8. The molecule has 92 valence electrons. The first-order chi connectivity index (χ1) is 9.34. The second-order valence-electron chi connectivity index (χ2n) is 3.97. The van der Waals surface area contributed by atoms with E-state index >= 15 is 0 Å². The van der Waals surface area contributed by atoms with Crippen molar-refractivity contribution in [3.63, 3.8) is 0 Å². The molecular formula is C14H10N4O. The van der Waals surface area contributed by atoms with E-state index in [-0.39, 0.29) is 5.78 Å². The Bertz CT molecular complexity index is 692. The topological polar surface area (TPSA) is 60.7 Å². The van der Waals surface area contributed by atoms with Crippen LogP contribution < -0.4 is 0 Å². The van der Waals surface area contributed by atoms with Crippen molar-refractivity contribution >= 4 is 5.78 Å². The van der Waals surface area contributed by atoms with E-state index in [1.54, 1.807) is 17.1 Å². The van der Waals surface area contributed by atoms with Crippen molar-refractivity contribution in [3.8, 4) is 5.69 Å². The molecular weight excluding hydrogens is 240 g/mol. The molecule has 5 heteroatoms. The average molecular weight is 250 g/mol. The molecule has 2 aromatic heterocycles. The third kappa shape index (κ3) is 2.26. The maximum absolute atomic E-state index is 12.2. The summed E-state index contributed by atoms with van der Waals surface area (Å²) >= 11 is 0. The fourth-order valence-electron chi connectivity index (χ4n) is 1.75. The van der Waals surface area contributed by atoms with Crippen molar-refractivity contribution in [2.24, 2.45) is 0 Å². The molecule has 0 unspecified atom stereocenters. The molecule has 0 aliphatic rings. The minimum atomic E-state index is -0.136. The van der Waals surface area contributed by atoms with Gasteiger partial charge < -0.3 is 0 Å². The molecule has 0 saturated carbocycles. The van der Waals surface area contributed by atoms with Crippen LogP contribution in [-0.4, -0.2) is 25.5 Å². The zero-order valence-corrected chi connectivity index (χ0v) is 9.97. The summed E-state index contributed by atoms with van der Waals surface area (Å²) in [7, 11) is 0. The number of nitrogens with zero attached hydrogens (tertiary/aromatic N) is 4. The van der Waals surface area contributed by atoms with E-state index in [4.69, 9.17) is 0 Å². The van der Waals surface area contributed by atoms with E-state index in [2.05, 4.69) is 15.1 Å². The molecule has 0 atom stereocenters. The second kappa shape index (κ2) is 4.81. The number of benzene rings is 1. The van der Waals surface area contributed by atoms with Gasteiger partial charge in [0.25, 0.3) is 0 Å². The third-order valence-corrected chi connectivity index (χ3v) is 2.69. The van der Waals surface area contributed by atoms with Crippen LogP contribution in [0.4, 0.5) is 0 Å². The highest BCUT2D eigenvalue weighted by atomic mass is 16.1. The highest BCUT2D eigenvalue weighted by molar-refractivity contribution is 6.08. The standard InChI is InChI=1S/C14H10N4O/c19-14(11-6-15-10-16-7-11)12-8-17-18(9-12)13-4-2-1-3-5-13/h1-10H. The molecule has 1 aromatic carbocycles. The van der Waals surface area contributed by atoms with E-state index < -0.39 is 0 Å². The van der Waals surface area contributed by atoms with Crippen LogP contribution in [0, 0.1) is 0 Å². The number of rotatable bonds is 3. The van der Waals surface area contributed by atoms with Gasteiger partial charge in [-0.1, -0.05) is 18.2 Å². The summed E-state index contributed by atoms with van der Waals surface area (Å²) in [5.74, 6) is -0.136. The zero-order valence-electron chi connectivity index (χ0n) is 9.97. The molecule has 0 radical (unpaired) electrons. The van der Waals surface area contributed by atoms with Crippen LogP contribution in [-0.2, 0) is 0 Å². The lowest BCUT2D eigenvalue weighted by Crippen LogP contribution is -2.01. The van der Waals surface area contributed by atoms with E-state index in [9.17, 15) is 4.79 Å².